The highest BCUT2D eigenvalue weighted by Crippen LogP contribution is 2.22. The molecule has 0 aliphatic rings. The number of benzene rings is 1. The van der Waals surface area contributed by atoms with Crippen LogP contribution >= 0.6 is 0 Å². The SMILES string of the molecule is CCN(C(C)C)C(C)(CN)Cc1ccc(F)cc1. The van der Waals surface area contributed by atoms with E-state index in [1.54, 1.807) is 0 Å². The lowest BCUT2D eigenvalue weighted by Gasteiger charge is -2.43. The molecule has 0 bridgehead atoms. The number of nitrogens with two attached hydrogens (primary N) is 1. The largest absolute Gasteiger partial charge is 0.329 e. The van der Waals surface area contributed by atoms with Crippen LogP contribution in [0.5, 0.6) is 0 Å². The van der Waals surface area contributed by atoms with Gasteiger partial charge in [0.25, 0.3) is 0 Å². The molecule has 0 aliphatic heterocycles. The van der Waals surface area contributed by atoms with Gasteiger partial charge in [0, 0.05) is 18.1 Å². The Morgan fingerprint density at radius 1 is 1.28 bits per heavy atom. The summed E-state index contributed by atoms with van der Waals surface area (Å²) in [5.74, 6) is -0.190. The molecule has 0 amide bonds. The zero-order chi connectivity index (χ0) is 13.8. The maximum atomic E-state index is 12.9. The van der Waals surface area contributed by atoms with Crippen molar-refractivity contribution in [2.24, 2.45) is 5.73 Å². The molecule has 0 aromatic heterocycles. The number of nitrogens with zero attached hydrogens (tertiary/aromatic N) is 1. The molecule has 1 rings (SSSR count). The average molecular weight is 252 g/mol. The standard InChI is InChI=1S/C15H25FN2/c1-5-18(12(2)3)15(4,11-17)10-13-6-8-14(16)9-7-13/h6-9,12H,5,10-11,17H2,1-4H3. The van der Waals surface area contributed by atoms with Gasteiger partial charge < -0.3 is 5.73 Å². The summed E-state index contributed by atoms with van der Waals surface area (Å²) in [6.45, 7) is 10.3. The van der Waals surface area contributed by atoms with Crippen molar-refractivity contribution in [2.75, 3.05) is 13.1 Å². The highest BCUT2D eigenvalue weighted by Gasteiger charge is 2.31. The van der Waals surface area contributed by atoms with Gasteiger partial charge in [-0.2, -0.15) is 0 Å². The minimum atomic E-state index is -0.190. The van der Waals surface area contributed by atoms with Crippen molar-refractivity contribution in [2.45, 2.75) is 45.7 Å². The molecule has 0 radical (unpaired) electrons. The van der Waals surface area contributed by atoms with E-state index in [-0.39, 0.29) is 11.4 Å². The first kappa shape index (κ1) is 15.1. The molecule has 0 aliphatic carbocycles. The molecule has 2 N–H and O–H groups in total. The molecule has 0 saturated carbocycles. The Kier molecular flexibility index (Phi) is 5.29. The van der Waals surface area contributed by atoms with Crippen LogP contribution in [-0.4, -0.2) is 29.6 Å². The molecule has 0 spiro atoms. The molecule has 0 heterocycles. The number of hydrogen-bond donors (Lipinski definition) is 1. The fourth-order valence-corrected chi connectivity index (χ4v) is 2.70. The Balaban J connectivity index is 2.90. The van der Waals surface area contributed by atoms with E-state index in [0.29, 0.717) is 12.6 Å². The number of halogens is 1. The van der Waals surface area contributed by atoms with Crippen LogP contribution in [0.25, 0.3) is 0 Å². The molecule has 1 aromatic rings. The van der Waals surface area contributed by atoms with E-state index >= 15 is 0 Å². The molecule has 1 unspecified atom stereocenters. The molecule has 0 fully saturated rings. The fourth-order valence-electron chi connectivity index (χ4n) is 2.70. The summed E-state index contributed by atoms with van der Waals surface area (Å²) in [7, 11) is 0. The smallest absolute Gasteiger partial charge is 0.123 e. The van der Waals surface area contributed by atoms with E-state index in [2.05, 4.69) is 32.6 Å². The van der Waals surface area contributed by atoms with Crippen LogP contribution in [-0.2, 0) is 6.42 Å². The molecular weight excluding hydrogens is 227 g/mol. The van der Waals surface area contributed by atoms with Crippen molar-refractivity contribution in [3.8, 4) is 0 Å². The van der Waals surface area contributed by atoms with Crippen LogP contribution in [0.3, 0.4) is 0 Å². The monoisotopic (exact) mass is 252 g/mol. The molecule has 1 aromatic carbocycles. The first-order chi connectivity index (χ1) is 8.42. The van der Waals surface area contributed by atoms with Gasteiger partial charge in [0.1, 0.15) is 5.82 Å². The second-order valence-electron chi connectivity index (χ2n) is 5.38. The number of hydrogen-bond acceptors (Lipinski definition) is 2. The lowest BCUT2D eigenvalue weighted by molar-refractivity contribution is 0.0823. The van der Waals surface area contributed by atoms with E-state index in [9.17, 15) is 4.39 Å². The Hall–Kier alpha value is -0.930. The molecule has 18 heavy (non-hydrogen) atoms. The fraction of sp³-hybridized carbons (Fsp3) is 0.600. The molecule has 2 nitrogen and oxygen atoms in total. The third-order valence-corrected chi connectivity index (χ3v) is 3.60. The third-order valence-electron chi connectivity index (χ3n) is 3.60. The average Bonchev–Trinajstić information content (AvgIpc) is 2.32. The Labute approximate surface area is 110 Å². The normalized spacial score (nSPS) is 15.1. The Bertz CT molecular complexity index is 361. The lowest BCUT2D eigenvalue weighted by atomic mass is 9.89. The van der Waals surface area contributed by atoms with Gasteiger partial charge >= 0.3 is 0 Å². The summed E-state index contributed by atoms with van der Waals surface area (Å²) in [6, 6.07) is 7.16. The summed E-state index contributed by atoms with van der Waals surface area (Å²) in [5, 5.41) is 0. The molecule has 0 saturated heterocycles. The van der Waals surface area contributed by atoms with Crippen LogP contribution < -0.4 is 5.73 Å². The third kappa shape index (κ3) is 3.53. The van der Waals surface area contributed by atoms with Gasteiger partial charge in [-0.15, -0.1) is 0 Å². The van der Waals surface area contributed by atoms with Crippen molar-refractivity contribution < 1.29 is 4.39 Å². The maximum Gasteiger partial charge on any atom is 0.123 e. The highest BCUT2D eigenvalue weighted by atomic mass is 19.1. The molecule has 102 valence electrons. The van der Waals surface area contributed by atoms with Crippen molar-refractivity contribution >= 4 is 0 Å². The van der Waals surface area contributed by atoms with Gasteiger partial charge in [-0.1, -0.05) is 19.1 Å². The first-order valence-electron chi connectivity index (χ1n) is 6.64. The first-order valence-corrected chi connectivity index (χ1v) is 6.64. The Morgan fingerprint density at radius 2 is 1.83 bits per heavy atom. The predicted molar refractivity (Wildman–Crippen MR) is 75.1 cm³/mol. The van der Waals surface area contributed by atoms with Crippen molar-refractivity contribution in [1.29, 1.82) is 0 Å². The van der Waals surface area contributed by atoms with Crippen LogP contribution in [0.4, 0.5) is 4.39 Å². The summed E-state index contributed by atoms with van der Waals surface area (Å²) >= 11 is 0. The van der Waals surface area contributed by atoms with E-state index in [4.69, 9.17) is 5.73 Å². The highest BCUT2D eigenvalue weighted by molar-refractivity contribution is 5.19. The van der Waals surface area contributed by atoms with E-state index in [1.165, 1.54) is 12.1 Å². The number of rotatable bonds is 6. The molecule has 3 heteroatoms. The summed E-state index contributed by atoms with van der Waals surface area (Å²) < 4.78 is 12.9. The second-order valence-corrected chi connectivity index (χ2v) is 5.38. The van der Waals surface area contributed by atoms with Gasteiger partial charge in [0.05, 0.1) is 0 Å². The minimum Gasteiger partial charge on any atom is -0.329 e. The van der Waals surface area contributed by atoms with E-state index < -0.39 is 0 Å². The second kappa shape index (κ2) is 6.30. The van der Waals surface area contributed by atoms with Gasteiger partial charge in [-0.3, -0.25) is 4.90 Å². The van der Waals surface area contributed by atoms with Gasteiger partial charge in [-0.25, -0.2) is 4.39 Å². The topological polar surface area (TPSA) is 29.3 Å². The van der Waals surface area contributed by atoms with E-state index in [0.717, 1.165) is 18.5 Å². The molecule has 1 atom stereocenters. The maximum absolute atomic E-state index is 12.9. The van der Waals surface area contributed by atoms with Crippen LogP contribution in [0.1, 0.15) is 33.3 Å². The van der Waals surface area contributed by atoms with Gasteiger partial charge in [0.15, 0.2) is 0 Å². The van der Waals surface area contributed by atoms with Gasteiger partial charge in [0.2, 0.25) is 0 Å². The van der Waals surface area contributed by atoms with Crippen LogP contribution in [0.2, 0.25) is 0 Å². The van der Waals surface area contributed by atoms with Crippen molar-refractivity contribution in [3.05, 3.63) is 35.6 Å². The zero-order valence-corrected chi connectivity index (χ0v) is 11.9. The zero-order valence-electron chi connectivity index (χ0n) is 11.9. The van der Waals surface area contributed by atoms with Crippen LogP contribution in [0, 0.1) is 5.82 Å². The minimum absolute atomic E-state index is 0.0826. The summed E-state index contributed by atoms with van der Waals surface area (Å²) in [5.41, 5.74) is 7.03. The van der Waals surface area contributed by atoms with Crippen LogP contribution in [0.15, 0.2) is 24.3 Å². The quantitative estimate of drug-likeness (QED) is 0.843. The Morgan fingerprint density at radius 3 is 2.22 bits per heavy atom. The number of likely N-dealkylation sites (N-methyl/N-ethyl adjacent to an activating group) is 1. The van der Waals surface area contributed by atoms with E-state index in [1.807, 2.05) is 12.1 Å². The van der Waals surface area contributed by atoms with Crippen molar-refractivity contribution in [3.63, 3.8) is 0 Å². The summed E-state index contributed by atoms with van der Waals surface area (Å²) in [4.78, 5) is 2.40. The predicted octanol–water partition coefficient (Wildman–Crippen LogP) is 2.82. The van der Waals surface area contributed by atoms with Gasteiger partial charge in [-0.05, 0) is 51.4 Å². The molecular formula is C15H25FN2. The lowest BCUT2D eigenvalue weighted by Crippen LogP contribution is -2.55. The summed E-state index contributed by atoms with van der Waals surface area (Å²) in [6.07, 6.45) is 0.843. The van der Waals surface area contributed by atoms with Crippen molar-refractivity contribution in [1.82, 2.24) is 4.90 Å².